The SMILES string of the molecule is CC(C)C[C@H]1CN(C(=O)CN=[N+]=[N-])CC[C@H]1O. The van der Waals surface area contributed by atoms with Gasteiger partial charge in [-0.15, -0.1) is 0 Å². The van der Waals surface area contributed by atoms with Crippen LogP contribution in [-0.2, 0) is 4.79 Å². The van der Waals surface area contributed by atoms with Gasteiger partial charge in [-0.25, -0.2) is 0 Å². The topological polar surface area (TPSA) is 89.3 Å². The highest BCUT2D eigenvalue weighted by molar-refractivity contribution is 5.78. The van der Waals surface area contributed by atoms with E-state index < -0.39 is 0 Å². The van der Waals surface area contributed by atoms with Gasteiger partial charge in [0.15, 0.2) is 0 Å². The molecule has 6 heteroatoms. The van der Waals surface area contributed by atoms with Crippen molar-refractivity contribution < 1.29 is 9.90 Å². The average molecular weight is 240 g/mol. The third-order valence-electron chi connectivity index (χ3n) is 3.09. The second-order valence-electron chi connectivity index (χ2n) is 4.97. The van der Waals surface area contributed by atoms with Gasteiger partial charge in [-0.1, -0.05) is 19.0 Å². The first kappa shape index (κ1) is 13.8. The summed E-state index contributed by atoms with van der Waals surface area (Å²) in [5.41, 5.74) is 8.17. The van der Waals surface area contributed by atoms with Crippen molar-refractivity contribution >= 4 is 5.91 Å². The lowest BCUT2D eigenvalue weighted by Crippen LogP contribution is -2.47. The van der Waals surface area contributed by atoms with Crippen LogP contribution in [0.3, 0.4) is 0 Å². The number of hydrogen-bond acceptors (Lipinski definition) is 3. The highest BCUT2D eigenvalue weighted by atomic mass is 16.3. The van der Waals surface area contributed by atoms with E-state index in [1.54, 1.807) is 4.90 Å². The molecular formula is C11H20N4O2. The summed E-state index contributed by atoms with van der Waals surface area (Å²) < 4.78 is 0. The molecule has 0 unspecified atom stereocenters. The molecule has 0 bridgehead atoms. The number of amides is 1. The average Bonchev–Trinajstić information content (AvgIpc) is 2.28. The van der Waals surface area contributed by atoms with Crippen LogP contribution < -0.4 is 0 Å². The van der Waals surface area contributed by atoms with Crippen LogP contribution in [0.1, 0.15) is 26.7 Å². The van der Waals surface area contributed by atoms with Gasteiger partial charge in [-0.2, -0.15) is 0 Å². The number of carbonyl (C=O) groups excluding carboxylic acids is 1. The molecule has 96 valence electrons. The Balaban J connectivity index is 2.53. The van der Waals surface area contributed by atoms with E-state index in [1.807, 2.05) is 0 Å². The minimum absolute atomic E-state index is 0.124. The summed E-state index contributed by atoms with van der Waals surface area (Å²) in [6.07, 6.45) is 1.20. The van der Waals surface area contributed by atoms with Crippen LogP contribution >= 0.6 is 0 Å². The van der Waals surface area contributed by atoms with Gasteiger partial charge in [0.1, 0.15) is 6.54 Å². The highest BCUT2D eigenvalue weighted by Crippen LogP contribution is 2.23. The van der Waals surface area contributed by atoms with Crippen LogP contribution in [-0.4, -0.2) is 41.7 Å². The zero-order chi connectivity index (χ0) is 12.8. The summed E-state index contributed by atoms with van der Waals surface area (Å²) in [6, 6.07) is 0. The van der Waals surface area contributed by atoms with Gasteiger partial charge in [0, 0.05) is 23.9 Å². The summed E-state index contributed by atoms with van der Waals surface area (Å²) in [5.74, 6) is 0.490. The molecule has 0 aromatic rings. The van der Waals surface area contributed by atoms with E-state index in [9.17, 15) is 9.90 Å². The monoisotopic (exact) mass is 240 g/mol. The third-order valence-corrected chi connectivity index (χ3v) is 3.09. The van der Waals surface area contributed by atoms with Crippen LogP contribution in [0, 0.1) is 11.8 Å². The molecule has 1 saturated heterocycles. The molecule has 1 heterocycles. The molecule has 0 aromatic heterocycles. The zero-order valence-electron chi connectivity index (χ0n) is 10.4. The van der Waals surface area contributed by atoms with Crippen molar-refractivity contribution in [1.82, 2.24) is 4.90 Å². The van der Waals surface area contributed by atoms with Crippen molar-refractivity contribution in [2.75, 3.05) is 19.6 Å². The molecule has 1 aliphatic heterocycles. The minimum atomic E-state index is -0.319. The molecule has 0 spiro atoms. The number of rotatable bonds is 4. The number of likely N-dealkylation sites (tertiary alicyclic amines) is 1. The predicted octanol–water partition coefficient (Wildman–Crippen LogP) is 1.55. The van der Waals surface area contributed by atoms with Crippen molar-refractivity contribution in [3.05, 3.63) is 10.4 Å². The number of aliphatic hydroxyl groups is 1. The van der Waals surface area contributed by atoms with Crippen LogP contribution in [0.4, 0.5) is 0 Å². The Morgan fingerprint density at radius 1 is 1.65 bits per heavy atom. The number of aliphatic hydroxyl groups excluding tert-OH is 1. The maximum atomic E-state index is 11.7. The maximum absolute atomic E-state index is 11.7. The molecule has 1 fully saturated rings. The van der Waals surface area contributed by atoms with Crippen LogP contribution in [0.25, 0.3) is 10.4 Å². The molecule has 2 atom stereocenters. The first-order valence-electron chi connectivity index (χ1n) is 6.01. The minimum Gasteiger partial charge on any atom is -0.393 e. The van der Waals surface area contributed by atoms with Gasteiger partial charge in [0.2, 0.25) is 5.91 Å². The van der Waals surface area contributed by atoms with E-state index in [0.717, 1.165) is 6.42 Å². The lowest BCUT2D eigenvalue weighted by atomic mass is 9.87. The molecule has 0 radical (unpaired) electrons. The molecule has 1 rings (SSSR count). The standard InChI is InChI=1S/C11H20N4O2/c1-8(2)5-9-7-15(4-3-10(9)16)11(17)6-13-14-12/h8-10,16H,3-7H2,1-2H3/t9-,10+/m0/s1. The van der Waals surface area contributed by atoms with Crippen molar-refractivity contribution in [3.63, 3.8) is 0 Å². The molecule has 0 saturated carbocycles. The Morgan fingerprint density at radius 2 is 2.35 bits per heavy atom. The Bertz CT molecular complexity index is 313. The van der Waals surface area contributed by atoms with Crippen LogP contribution in [0.5, 0.6) is 0 Å². The van der Waals surface area contributed by atoms with Gasteiger partial charge in [-0.05, 0) is 24.3 Å². The lowest BCUT2D eigenvalue weighted by Gasteiger charge is -2.36. The number of hydrogen-bond donors (Lipinski definition) is 1. The molecule has 17 heavy (non-hydrogen) atoms. The largest absolute Gasteiger partial charge is 0.393 e. The Kier molecular flexibility index (Phi) is 5.25. The van der Waals surface area contributed by atoms with E-state index in [0.29, 0.717) is 25.4 Å². The van der Waals surface area contributed by atoms with Crippen molar-refractivity contribution in [3.8, 4) is 0 Å². The normalized spacial score (nSPS) is 24.6. The van der Waals surface area contributed by atoms with E-state index in [4.69, 9.17) is 5.53 Å². The van der Waals surface area contributed by atoms with Gasteiger partial charge in [0.05, 0.1) is 6.10 Å². The number of azide groups is 1. The Labute approximate surface area is 101 Å². The molecule has 1 aliphatic rings. The van der Waals surface area contributed by atoms with Crippen molar-refractivity contribution in [1.29, 1.82) is 0 Å². The maximum Gasteiger partial charge on any atom is 0.228 e. The smallest absolute Gasteiger partial charge is 0.228 e. The molecule has 1 N–H and O–H groups in total. The summed E-state index contributed by atoms with van der Waals surface area (Å²) >= 11 is 0. The molecule has 0 aliphatic carbocycles. The van der Waals surface area contributed by atoms with E-state index >= 15 is 0 Å². The predicted molar refractivity (Wildman–Crippen MR) is 64.2 cm³/mol. The van der Waals surface area contributed by atoms with Gasteiger partial charge < -0.3 is 10.0 Å². The molecule has 1 amide bonds. The van der Waals surface area contributed by atoms with Crippen LogP contribution in [0.2, 0.25) is 0 Å². The van der Waals surface area contributed by atoms with E-state index in [1.165, 1.54) is 0 Å². The molecule has 6 nitrogen and oxygen atoms in total. The quantitative estimate of drug-likeness (QED) is 0.459. The second-order valence-corrected chi connectivity index (χ2v) is 4.97. The molecular weight excluding hydrogens is 220 g/mol. The summed E-state index contributed by atoms with van der Waals surface area (Å²) in [7, 11) is 0. The fraction of sp³-hybridized carbons (Fsp3) is 0.909. The number of nitrogens with zero attached hydrogens (tertiary/aromatic N) is 4. The first-order valence-corrected chi connectivity index (χ1v) is 6.01. The number of piperidine rings is 1. The molecule has 0 aromatic carbocycles. The van der Waals surface area contributed by atoms with Crippen LogP contribution in [0.15, 0.2) is 5.11 Å². The Morgan fingerprint density at radius 3 is 2.94 bits per heavy atom. The van der Waals surface area contributed by atoms with Gasteiger partial charge >= 0.3 is 0 Å². The fourth-order valence-corrected chi connectivity index (χ4v) is 2.28. The van der Waals surface area contributed by atoms with Crippen molar-refractivity contribution in [2.45, 2.75) is 32.8 Å². The van der Waals surface area contributed by atoms with Gasteiger partial charge in [-0.3, -0.25) is 4.79 Å². The van der Waals surface area contributed by atoms with E-state index in [2.05, 4.69) is 23.9 Å². The summed E-state index contributed by atoms with van der Waals surface area (Å²) in [4.78, 5) is 15.9. The number of carbonyl (C=O) groups is 1. The van der Waals surface area contributed by atoms with Gasteiger partial charge in [0.25, 0.3) is 0 Å². The second kappa shape index (κ2) is 6.47. The Hall–Kier alpha value is -1.26. The van der Waals surface area contributed by atoms with Crippen molar-refractivity contribution in [2.24, 2.45) is 17.0 Å². The third kappa shape index (κ3) is 4.24. The van der Waals surface area contributed by atoms with E-state index in [-0.39, 0.29) is 24.5 Å². The lowest BCUT2D eigenvalue weighted by molar-refractivity contribution is -0.133. The first-order chi connectivity index (χ1) is 8.04. The highest BCUT2D eigenvalue weighted by Gasteiger charge is 2.30. The fourth-order valence-electron chi connectivity index (χ4n) is 2.28. The zero-order valence-corrected chi connectivity index (χ0v) is 10.4. The summed E-state index contributed by atoms with van der Waals surface area (Å²) in [6.45, 7) is 5.20. The summed E-state index contributed by atoms with van der Waals surface area (Å²) in [5, 5.41) is 13.2.